The summed E-state index contributed by atoms with van der Waals surface area (Å²) in [6, 6.07) is 0. The van der Waals surface area contributed by atoms with E-state index in [4.69, 9.17) is 0 Å². The largest absolute Gasteiger partial charge is 0.354 e. The summed E-state index contributed by atoms with van der Waals surface area (Å²) in [5.41, 5.74) is 0.535. The Morgan fingerprint density at radius 1 is 1.43 bits per heavy atom. The normalized spacial score (nSPS) is 17.9. The second kappa shape index (κ2) is 3.52. The average molecular weight is 195 g/mol. The van der Waals surface area contributed by atoms with E-state index in [1.807, 2.05) is 0 Å². The fourth-order valence-electron chi connectivity index (χ4n) is 1.34. The predicted octanol–water partition coefficient (Wildman–Crippen LogP) is 2.22. The van der Waals surface area contributed by atoms with Crippen LogP contribution in [0, 0.1) is 11.2 Å². The minimum atomic E-state index is -0.398. The number of aromatic nitrogens is 2. The highest BCUT2D eigenvalue weighted by Crippen LogP contribution is 2.47. The van der Waals surface area contributed by atoms with Crippen molar-refractivity contribution in [3.8, 4) is 0 Å². The standard InChI is InChI=1S/C10H14FN3/c1-10(2-3-10)4-5-12-9-13-6-8(11)7-14-9/h6-7H,2-5H2,1H3,(H,12,13,14). The van der Waals surface area contributed by atoms with Crippen molar-refractivity contribution in [2.24, 2.45) is 5.41 Å². The molecular formula is C10H14FN3. The molecule has 4 heteroatoms. The second-order valence-corrected chi connectivity index (χ2v) is 4.21. The summed E-state index contributed by atoms with van der Waals surface area (Å²) in [6.07, 6.45) is 6.12. The topological polar surface area (TPSA) is 37.8 Å². The summed E-state index contributed by atoms with van der Waals surface area (Å²) in [4.78, 5) is 7.64. The number of hydrogen-bond donors (Lipinski definition) is 1. The molecule has 0 atom stereocenters. The van der Waals surface area contributed by atoms with Crippen LogP contribution in [0.25, 0.3) is 0 Å². The molecule has 1 aliphatic carbocycles. The Labute approximate surface area is 82.8 Å². The van der Waals surface area contributed by atoms with Crippen LogP contribution in [-0.2, 0) is 0 Å². The average Bonchev–Trinajstić information content (AvgIpc) is 2.88. The van der Waals surface area contributed by atoms with E-state index in [0.717, 1.165) is 13.0 Å². The number of hydrogen-bond acceptors (Lipinski definition) is 3. The van der Waals surface area contributed by atoms with Gasteiger partial charge in [0, 0.05) is 6.54 Å². The molecule has 3 nitrogen and oxygen atoms in total. The van der Waals surface area contributed by atoms with Crippen molar-refractivity contribution in [1.82, 2.24) is 9.97 Å². The lowest BCUT2D eigenvalue weighted by molar-refractivity contribution is 0.535. The molecule has 1 saturated carbocycles. The van der Waals surface area contributed by atoms with Gasteiger partial charge in [0.25, 0.3) is 0 Å². The van der Waals surface area contributed by atoms with Crippen LogP contribution in [0.15, 0.2) is 12.4 Å². The van der Waals surface area contributed by atoms with E-state index in [9.17, 15) is 4.39 Å². The van der Waals surface area contributed by atoms with Gasteiger partial charge in [0.1, 0.15) is 0 Å². The first-order valence-corrected chi connectivity index (χ1v) is 4.89. The van der Waals surface area contributed by atoms with Crippen molar-refractivity contribution in [3.05, 3.63) is 18.2 Å². The molecule has 1 fully saturated rings. The number of halogens is 1. The Morgan fingerprint density at radius 3 is 2.64 bits per heavy atom. The Balaban J connectivity index is 1.77. The van der Waals surface area contributed by atoms with E-state index in [2.05, 4.69) is 22.2 Å². The number of nitrogens with one attached hydrogen (secondary N) is 1. The zero-order valence-electron chi connectivity index (χ0n) is 8.26. The summed E-state index contributed by atoms with van der Waals surface area (Å²) in [7, 11) is 0. The highest BCUT2D eigenvalue weighted by atomic mass is 19.1. The maximum Gasteiger partial charge on any atom is 0.222 e. The number of rotatable bonds is 4. The van der Waals surface area contributed by atoms with Crippen molar-refractivity contribution in [2.75, 3.05) is 11.9 Å². The van der Waals surface area contributed by atoms with Gasteiger partial charge >= 0.3 is 0 Å². The molecule has 0 bridgehead atoms. The molecule has 0 saturated heterocycles. The number of nitrogens with zero attached hydrogens (tertiary/aromatic N) is 2. The third kappa shape index (κ3) is 2.40. The van der Waals surface area contributed by atoms with Gasteiger partial charge < -0.3 is 5.32 Å². The first-order valence-electron chi connectivity index (χ1n) is 4.89. The van der Waals surface area contributed by atoms with Crippen LogP contribution >= 0.6 is 0 Å². The van der Waals surface area contributed by atoms with E-state index in [-0.39, 0.29) is 0 Å². The summed E-state index contributed by atoms with van der Waals surface area (Å²) in [5.74, 6) is 0.111. The summed E-state index contributed by atoms with van der Waals surface area (Å²) in [5, 5.41) is 3.08. The zero-order valence-corrected chi connectivity index (χ0v) is 8.26. The van der Waals surface area contributed by atoms with Gasteiger partial charge in [0.2, 0.25) is 5.95 Å². The maximum absolute atomic E-state index is 12.5. The van der Waals surface area contributed by atoms with E-state index in [0.29, 0.717) is 11.4 Å². The van der Waals surface area contributed by atoms with Crippen molar-refractivity contribution >= 4 is 5.95 Å². The molecule has 1 aromatic rings. The third-order valence-corrected chi connectivity index (χ3v) is 2.74. The lowest BCUT2D eigenvalue weighted by atomic mass is 10.1. The second-order valence-electron chi connectivity index (χ2n) is 4.21. The zero-order chi connectivity index (χ0) is 10.0. The minimum Gasteiger partial charge on any atom is -0.354 e. The Hall–Kier alpha value is -1.19. The van der Waals surface area contributed by atoms with Gasteiger partial charge in [0.15, 0.2) is 5.82 Å². The van der Waals surface area contributed by atoms with Crippen LogP contribution in [0.1, 0.15) is 26.2 Å². The molecule has 1 aliphatic rings. The van der Waals surface area contributed by atoms with Crippen LogP contribution < -0.4 is 5.32 Å². The molecule has 0 aromatic carbocycles. The Morgan fingerprint density at radius 2 is 2.07 bits per heavy atom. The molecule has 0 amide bonds. The molecule has 0 unspecified atom stereocenters. The lowest BCUT2D eigenvalue weighted by Crippen LogP contribution is -2.09. The van der Waals surface area contributed by atoms with Crippen molar-refractivity contribution < 1.29 is 4.39 Å². The number of anilines is 1. The van der Waals surface area contributed by atoms with Gasteiger partial charge in [-0.1, -0.05) is 6.92 Å². The fraction of sp³-hybridized carbons (Fsp3) is 0.600. The minimum absolute atomic E-state index is 0.398. The monoisotopic (exact) mass is 195 g/mol. The molecule has 0 aliphatic heterocycles. The SMILES string of the molecule is CC1(CCNc2ncc(F)cn2)CC1. The fourth-order valence-corrected chi connectivity index (χ4v) is 1.34. The molecule has 1 heterocycles. The first kappa shape index (κ1) is 9.37. The van der Waals surface area contributed by atoms with Crippen molar-refractivity contribution in [1.29, 1.82) is 0 Å². The van der Waals surface area contributed by atoms with Crippen LogP contribution in [-0.4, -0.2) is 16.5 Å². The summed E-state index contributed by atoms with van der Waals surface area (Å²) < 4.78 is 12.5. The van der Waals surface area contributed by atoms with E-state index in [1.54, 1.807) is 0 Å². The predicted molar refractivity (Wildman–Crippen MR) is 52.4 cm³/mol. The highest BCUT2D eigenvalue weighted by molar-refractivity contribution is 5.22. The van der Waals surface area contributed by atoms with E-state index in [1.165, 1.54) is 25.2 Å². The van der Waals surface area contributed by atoms with E-state index >= 15 is 0 Å². The third-order valence-electron chi connectivity index (χ3n) is 2.74. The van der Waals surface area contributed by atoms with Gasteiger partial charge in [-0.25, -0.2) is 14.4 Å². The molecule has 0 radical (unpaired) electrons. The quantitative estimate of drug-likeness (QED) is 0.800. The molecule has 76 valence electrons. The molecule has 2 rings (SSSR count). The Bertz CT molecular complexity index is 306. The van der Waals surface area contributed by atoms with Crippen molar-refractivity contribution in [2.45, 2.75) is 26.2 Å². The molecule has 14 heavy (non-hydrogen) atoms. The van der Waals surface area contributed by atoms with Crippen LogP contribution in [0.2, 0.25) is 0 Å². The smallest absolute Gasteiger partial charge is 0.222 e. The lowest BCUT2D eigenvalue weighted by Gasteiger charge is -2.08. The van der Waals surface area contributed by atoms with Gasteiger partial charge in [-0.3, -0.25) is 0 Å². The van der Waals surface area contributed by atoms with Gasteiger partial charge in [-0.2, -0.15) is 0 Å². The van der Waals surface area contributed by atoms with Crippen LogP contribution in [0.5, 0.6) is 0 Å². The van der Waals surface area contributed by atoms with E-state index < -0.39 is 5.82 Å². The maximum atomic E-state index is 12.5. The van der Waals surface area contributed by atoms with Gasteiger partial charge in [-0.05, 0) is 24.7 Å². The molecular weight excluding hydrogens is 181 g/mol. The van der Waals surface area contributed by atoms with Crippen LogP contribution in [0.4, 0.5) is 10.3 Å². The van der Waals surface area contributed by atoms with Gasteiger partial charge in [0.05, 0.1) is 12.4 Å². The first-order chi connectivity index (χ1) is 6.68. The van der Waals surface area contributed by atoms with Gasteiger partial charge in [-0.15, -0.1) is 0 Å². The van der Waals surface area contributed by atoms with Crippen LogP contribution in [0.3, 0.4) is 0 Å². The summed E-state index contributed by atoms with van der Waals surface area (Å²) in [6.45, 7) is 3.14. The Kier molecular flexibility index (Phi) is 2.35. The highest BCUT2D eigenvalue weighted by Gasteiger charge is 2.36. The van der Waals surface area contributed by atoms with Crippen molar-refractivity contribution in [3.63, 3.8) is 0 Å². The molecule has 1 aromatic heterocycles. The molecule has 1 N–H and O–H groups in total. The molecule has 0 spiro atoms. The summed E-state index contributed by atoms with van der Waals surface area (Å²) >= 11 is 0.